The van der Waals surface area contributed by atoms with Gasteiger partial charge in [0.05, 0.1) is 12.8 Å². The summed E-state index contributed by atoms with van der Waals surface area (Å²) in [5, 5.41) is 0.888. The highest BCUT2D eigenvalue weighted by Gasteiger charge is 2.33. The Hall–Kier alpha value is -3.20. The molecule has 0 bridgehead atoms. The third kappa shape index (κ3) is 4.29. The van der Waals surface area contributed by atoms with Gasteiger partial charge in [-0.3, -0.25) is 9.36 Å². The minimum Gasteiger partial charge on any atom is -0.496 e. The molecule has 1 unspecified atom stereocenters. The van der Waals surface area contributed by atoms with E-state index in [-0.39, 0.29) is 11.7 Å². The number of amides is 1. The van der Waals surface area contributed by atoms with Crippen LogP contribution >= 0.6 is 0 Å². The molecule has 0 saturated carbocycles. The van der Waals surface area contributed by atoms with E-state index in [2.05, 4.69) is 10.3 Å². The summed E-state index contributed by atoms with van der Waals surface area (Å²) in [6.45, 7) is 1.40. The maximum atomic E-state index is 13.5. The first-order chi connectivity index (χ1) is 13.8. The number of nitrogens with zero attached hydrogens (tertiary/aromatic N) is 2. The molecule has 0 radical (unpaired) electrons. The van der Waals surface area contributed by atoms with E-state index in [1.54, 1.807) is 30.3 Å². The van der Waals surface area contributed by atoms with Crippen molar-refractivity contribution < 1.29 is 22.3 Å². The standard InChI is InChI=1S/C20H20FN3O4S/c1-14(19(25)23-13-15-6-3-4-9-18(15)28-2)29(26,27)20-22-10-11-24(20)17-8-5-7-16(21)12-17/h3-12,14H,13H2,1-2H3,(H,23,25). The molecule has 29 heavy (non-hydrogen) atoms. The molecule has 0 aliphatic rings. The summed E-state index contributed by atoms with van der Waals surface area (Å²) in [4.78, 5) is 16.4. The second-order valence-corrected chi connectivity index (χ2v) is 8.44. The molecule has 3 aromatic rings. The third-order valence-corrected chi connectivity index (χ3v) is 6.38. The first-order valence-electron chi connectivity index (χ1n) is 8.77. The summed E-state index contributed by atoms with van der Waals surface area (Å²) in [5.41, 5.74) is 1.01. The van der Waals surface area contributed by atoms with Gasteiger partial charge < -0.3 is 10.1 Å². The Balaban J connectivity index is 1.81. The fourth-order valence-corrected chi connectivity index (χ4v) is 4.13. The number of rotatable bonds is 7. The van der Waals surface area contributed by atoms with Crippen LogP contribution in [0.25, 0.3) is 5.69 Å². The lowest BCUT2D eigenvalue weighted by atomic mass is 10.2. The van der Waals surface area contributed by atoms with Crippen LogP contribution in [0.4, 0.5) is 4.39 Å². The summed E-state index contributed by atoms with van der Waals surface area (Å²) in [7, 11) is -2.61. The van der Waals surface area contributed by atoms with Crippen molar-refractivity contribution in [2.75, 3.05) is 7.11 Å². The number of para-hydroxylation sites is 1. The van der Waals surface area contributed by atoms with E-state index in [4.69, 9.17) is 4.74 Å². The first kappa shape index (κ1) is 20.5. The van der Waals surface area contributed by atoms with Gasteiger partial charge in [0.25, 0.3) is 0 Å². The van der Waals surface area contributed by atoms with Crippen LogP contribution in [0.1, 0.15) is 12.5 Å². The van der Waals surface area contributed by atoms with Gasteiger partial charge in [-0.15, -0.1) is 0 Å². The minimum absolute atomic E-state index is 0.112. The Kier molecular flexibility index (Phi) is 5.97. The molecular weight excluding hydrogens is 397 g/mol. The SMILES string of the molecule is COc1ccccc1CNC(=O)C(C)S(=O)(=O)c1nccn1-c1cccc(F)c1. The smallest absolute Gasteiger partial charge is 0.238 e. The van der Waals surface area contributed by atoms with E-state index in [1.807, 2.05) is 0 Å². The van der Waals surface area contributed by atoms with E-state index in [1.165, 1.54) is 49.2 Å². The number of carbonyl (C=O) groups excluding carboxylic acids is 1. The van der Waals surface area contributed by atoms with Crippen LogP contribution in [-0.4, -0.2) is 36.2 Å². The second-order valence-electron chi connectivity index (χ2n) is 6.28. The average molecular weight is 417 g/mol. The zero-order chi connectivity index (χ0) is 21.0. The van der Waals surface area contributed by atoms with Gasteiger partial charge in [0.2, 0.25) is 20.9 Å². The zero-order valence-corrected chi connectivity index (χ0v) is 16.7. The molecule has 1 aromatic heterocycles. The van der Waals surface area contributed by atoms with Gasteiger partial charge in [-0.25, -0.2) is 17.8 Å². The second kappa shape index (κ2) is 8.44. The lowest BCUT2D eigenvalue weighted by Gasteiger charge is -2.15. The number of methoxy groups -OCH3 is 1. The van der Waals surface area contributed by atoms with E-state index in [0.717, 1.165) is 0 Å². The number of hydrogen-bond donors (Lipinski definition) is 1. The molecule has 9 heteroatoms. The summed E-state index contributed by atoms with van der Waals surface area (Å²) in [6, 6.07) is 12.6. The summed E-state index contributed by atoms with van der Waals surface area (Å²) >= 11 is 0. The van der Waals surface area contributed by atoms with Gasteiger partial charge >= 0.3 is 0 Å². The number of carbonyl (C=O) groups is 1. The van der Waals surface area contributed by atoms with Crippen molar-refractivity contribution >= 4 is 15.7 Å². The Bertz CT molecular complexity index is 1130. The number of aromatic nitrogens is 2. The largest absolute Gasteiger partial charge is 0.496 e. The molecular formula is C20H20FN3O4S. The van der Waals surface area contributed by atoms with Crippen LogP contribution < -0.4 is 10.1 Å². The van der Waals surface area contributed by atoms with Crippen LogP contribution in [0.2, 0.25) is 0 Å². The lowest BCUT2D eigenvalue weighted by molar-refractivity contribution is -0.120. The van der Waals surface area contributed by atoms with Crippen LogP contribution in [0, 0.1) is 5.82 Å². The highest BCUT2D eigenvalue weighted by Crippen LogP contribution is 2.21. The van der Waals surface area contributed by atoms with E-state index < -0.39 is 26.8 Å². The van der Waals surface area contributed by atoms with Crippen molar-refractivity contribution in [1.82, 2.24) is 14.9 Å². The van der Waals surface area contributed by atoms with Gasteiger partial charge in [0.1, 0.15) is 16.8 Å². The molecule has 152 valence electrons. The predicted octanol–water partition coefficient (Wildman–Crippen LogP) is 2.50. The molecule has 2 aromatic carbocycles. The predicted molar refractivity (Wildman–Crippen MR) is 105 cm³/mol. The number of nitrogens with one attached hydrogen (secondary N) is 1. The number of ether oxygens (including phenoxy) is 1. The third-order valence-electron chi connectivity index (χ3n) is 4.43. The van der Waals surface area contributed by atoms with Gasteiger partial charge in [0, 0.05) is 24.5 Å². The number of sulfone groups is 1. The van der Waals surface area contributed by atoms with Gasteiger partial charge in [0.15, 0.2) is 0 Å². The summed E-state index contributed by atoms with van der Waals surface area (Å²) in [5.74, 6) is -0.600. The molecule has 1 amide bonds. The molecule has 0 spiro atoms. The lowest BCUT2D eigenvalue weighted by Crippen LogP contribution is -2.38. The van der Waals surface area contributed by atoms with Crippen molar-refractivity contribution in [3.05, 3.63) is 72.3 Å². The molecule has 0 aliphatic carbocycles. The van der Waals surface area contributed by atoms with Crippen molar-refractivity contribution in [3.63, 3.8) is 0 Å². The number of hydrogen-bond acceptors (Lipinski definition) is 5. The van der Waals surface area contributed by atoms with E-state index in [9.17, 15) is 17.6 Å². The first-order valence-corrected chi connectivity index (χ1v) is 10.3. The quantitative estimate of drug-likeness (QED) is 0.638. The topological polar surface area (TPSA) is 90.3 Å². The van der Waals surface area contributed by atoms with Gasteiger partial charge in [-0.2, -0.15) is 0 Å². The Morgan fingerprint density at radius 2 is 2.00 bits per heavy atom. The van der Waals surface area contributed by atoms with Crippen molar-refractivity contribution in [2.24, 2.45) is 0 Å². The van der Waals surface area contributed by atoms with Gasteiger partial charge in [-0.1, -0.05) is 24.3 Å². The molecule has 3 rings (SSSR count). The minimum atomic E-state index is -4.12. The highest BCUT2D eigenvalue weighted by atomic mass is 32.2. The van der Waals surface area contributed by atoms with Crippen molar-refractivity contribution in [1.29, 1.82) is 0 Å². The van der Waals surface area contributed by atoms with Crippen molar-refractivity contribution in [3.8, 4) is 11.4 Å². The van der Waals surface area contributed by atoms with Crippen LogP contribution in [0.15, 0.2) is 66.1 Å². The van der Waals surface area contributed by atoms with Crippen molar-refractivity contribution in [2.45, 2.75) is 23.9 Å². The molecule has 7 nitrogen and oxygen atoms in total. The Morgan fingerprint density at radius 3 is 2.72 bits per heavy atom. The molecule has 1 heterocycles. The molecule has 0 saturated heterocycles. The van der Waals surface area contributed by atoms with Crippen LogP contribution in [-0.2, 0) is 21.2 Å². The summed E-state index contributed by atoms with van der Waals surface area (Å²) in [6.07, 6.45) is 2.69. The number of benzene rings is 2. The Labute approximate surface area is 168 Å². The van der Waals surface area contributed by atoms with Gasteiger partial charge in [-0.05, 0) is 31.2 Å². The van der Waals surface area contributed by atoms with Crippen LogP contribution in [0.3, 0.4) is 0 Å². The maximum absolute atomic E-state index is 13.5. The normalized spacial score (nSPS) is 12.4. The zero-order valence-electron chi connectivity index (χ0n) is 15.9. The highest BCUT2D eigenvalue weighted by molar-refractivity contribution is 7.92. The number of imidazole rings is 1. The number of halogens is 1. The van der Waals surface area contributed by atoms with Crippen LogP contribution in [0.5, 0.6) is 5.75 Å². The van der Waals surface area contributed by atoms with E-state index >= 15 is 0 Å². The Morgan fingerprint density at radius 1 is 1.24 bits per heavy atom. The fourth-order valence-electron chi connectivity index (χ4n) is 2.80. The molecule has 1 N–H and O–H groups in total. The monoisotopic (exact) mass is 417 g/mol. The maximum Gasteiger partial charge on any atom is 0.238 e. The van der Waals surface area contributed by atoms with E-state index in [0.29, 0.717) is 17.0 Å². The molecule has 0 aliphatic heterocycles. The molecule has 0 fully saturated rings. The summed E-state index contributed by atoms with van der Waals surface area (Å²) < 4.78 is 46.0. The fraction of sp³-hybridized carbons (Fsp3) is 0.200. The molecule has 1 atom stereocenters. The average Bonchev–Trinajstić information content (AvgIpc) is 3.22.